The maximum Gasteiger partial charge on any atom is 0.313 e. The summed E-state index contributed by atoms with van der Waals surface area (Å²) in [4.78, 5) is 26.4. The number of halogens is 1. The molecule has 4 nitrogen and oxygen atoms in total. The summed E-state index contributed by atoms with van der Waals surface area (Å²) in [6, 6.07) is 13.4. The number of benzene rings is 2. The Bertz CT molecular complexity index is 774. The zero-order chi connectivity index (χ0) is 16.6. The van der Waals surface area contributed by atoms with E-state index < -0.39 is 17.9 Å². The molecule has 2 unspecified atom stereocenters. The molecule has 3 rings (SSSR count). The number of carbonyl (C=O) groups excluding carboxylic acids is 1. The van der Waals surface area contributed by atoms with Crippen molar-refractivity contribution in [2.75, 3.05) is 6.54 Å². The zero-order valence-corrected chi connectivity index (χ0v) is 13.3. The van der Waals surface area contributed by atoms with Gasteiger partial charge in [0.1, 0.15) is 5.92 Å². The van der Waals surface area contributed by atoms with E-state index in [-0.39, 0.29) is 5.91 Å². The van der Waals surface area contributed by atoms with E-state index in [1.165, 1.54) is 0 Å². The van der Waals surface area contributed by atoms with Gasteiger partial charge in [-0.15, -0.1) is 0 Å². The number of carboxylic acids is 1. The molecular formula is C18H16ClNO3. The van der Waals surface area contributed by atoms with Crippen molar-refractivity contribution in [3.63, 3.8) is 0 Å². The van der Waals surface area contributed by atoms with Gasteiger partial charge in [-0.3, -0.25) is 9.59 Å². The standard InChI is InChI=1S/C18H16ClNO3/c1-2-20-16(11-6-5-7-12(19)10-11)15(18(22)23)13-8-3-4-9-14(13)17(20)21/h3-10,15-16H,2H2,1H3,(H,22,23). The van der Waals surface area contributed by atoms with E-state index in [9.17, 15) is 14.7 Å². The quantitative estimate of drug-likeness (QED) is 0.933. The normalized spacial score (nSPS) is 20.3. The van der Waals surface area contributed by atoms with Crippen LogP contribution in [0.5, 0.6) is 0 Å². The van der Waals surface area contributed by atoms with Crippen molar-refractivity contribution in [1.82, 2.24) is 4.90 Å². The van der Waals surface area contributed by atoms with Gasteiger partial charge in [-0.1, -0.05) is 41.9 Å². The summed E-state index contributed by atoms with van der Waals surface area (Å²) in [5.41, 5.74) is 1.74. The summed E-state index contributed by atoms with van der Waals surface area (Å²) in [6.45, 7) is 2.27. The lowest BCUT2D eigenvalue weighted by atomic mass is 9.80. The van der Waals surface area contributed by atoms with E-state index >= 15 is 0 Å². The number of amides is 1. The van der Waals surface area contributed by atoms with Gasteiger partial charge in [0.05, 0.1) is 6.04 Å². The van der Waals surface area contributed by atoms with Crippen LogP contribution in [0.1, 0.15) is 40.4 Å². The fraction of sp³-hybridized carbons (Fsp3) is 0.222. The third kappa shape index (κ3) is 2.59. The Balaban J connectivity index is 2.23. The molecule has 118 valence electrons. The predicted octanol–water partition coefficient (Wildman–Crippen LogP) is 3.73. The first-order valence-electron chi connectivity index (χ1n) is 7.42. The molecular weight excluding hydrogens is 314 g/mol. The van der Waals surface area contributed by atoms with Crippen LogP contribution in [0.4, 0.5) is 0 Å². The van der Waals surface area contributed by atoms with Crippen LogP contribution in [0, 0.1) is 0 Å². The second-order valence-electron chi connectivity index (χ2n) is 5.49. The number of fused-ring (bicyclic) bond motifs is 1. The van der Waals surface area contributed by atoms with Crippen LogP contribution in [0.2, 0.25) is 5.02 Å². The van der Waals surface area contributed by atoms with Gasteiger partial charge in [0.15, 0.2) is 0 Å². The average Bonchev–Trinajstić information content (AvgIpc) is 2.54. The van der Waals surface area contributed by atoms with E-state index in [0.717, 1.165) is 5.56 Å². The largest absolute Gasteiger partial charge is 0.481 e. The van der Waals surface area contributed by atoms with Gasteiger partial charge < -0.3 is 10.0 Å². The van der Waals surface area contributed by atoms with Crippen LogP contribution in [-0.4, -0.2) is 28.4 Å². The van der Waals surface area contributed by atoms with Crippen LogP contribution in [0.15, 0.2) is 48.5 Å². The first-order valence-corrected chi connectivity index (χ1v) is 7.80. The van der Waals surface area contributed by atoms with E-state index in [1.807, 2.05) is 13.0 Å². The molecule has 1 aliphatic heterocycles. The van der Waals surface area contributed by atoms with Crippen LogP contribution < -0.4 is 0 Å². The Morgan fingerprint density at radius 2 is 1.96 bits per heavy atom. The Kier molecular flexibility index (Phi) is 4.09. The van der Waals surface area contributed by atoms with Crippen LogP contribution >= 0.6 is 11.6 Å². The van der Waals surface area contributed by atoms with E-state index in [1.54, 1.807) is 47.4 Å². The Morgan fingerprint density at radius 1 is 1.22 bits per heavy atom. The average molecular weight is 330 g/mol. The van der Waals surface area contributed by atoms with Gasteiger partial charge in [0.25, 0.3) is 5.91 Å². The van der Waals surface area contributed by atoms with Crippen molar-refractivity contribution in [3.8, 4) is 0 Å². The summed E-state index contributed by atoms with van der Waals surface area (Å²) in [5.74, 6) is -1.92. The molecule has 0 saturated heterocycles. The number of hydrogen-bond donors (Lipinski definition) is 1. The van der Waals surface area contributed by atoms with Gasteiger partial charge in [-0.25, -0.2) is 0 Å². The third-order valence-corrected chi connectivity index (χ3v) is 4.47. The van der Waals surface area contributed by atoms with E-state index in [0.29, 0.717) is 22.7 Å². The van der Waals surface area contributed by atoms with Crippen molar-refractivity contribution in [1.29, 1.82) is 0 Å². The van der Waals surface area contributed by atoms with Crippen molar-refractivity contribution < 1.29 is 14.7 Å². The molecule has 2 aromatic rings. The third-order valence-electron chi connectivity index (χ3n) is 4.24. The fourth-order valence-electron chi connectivity index (χ4n) is 3.27. The summed E-state index contributed by atoms with van der Waals surface area (Å²) in [6.07, 6.45) is 0. The molecule has 0 radical (unpaired) electrons. The highest BCUT2D eigenvalue weighted by atomic mass is 35.5. The van der Waals surface area contributed by atoms with Gasteiger partial charge >= 0.3 is 5.97 Å². The number of carbonyl (C=O) groups is 2. The number of likely N-dealkylation sites (N-methyl/N-ethyl adjacent to an activating group) is 1. The molecule has 0 aliphatic carbocycles. The number of nitrogens with zero attached hydrogens (tertiary/aromatic N) is 1. The molecule has 1 amide bonds. The van der Waals surface area contributed by atoms with Crippen molar-refractivity contribution in [3.05, 3.63) is 70.2 Å². The zero-order valence-electron chi connectivity index (χ0n) is 12.6. The molecule has 1 N–H and O–H groups in total. The van der Waals surface area contributed by atoms with Gasteiger partial charge in [-0.2, -0.15) is 0 Å². The van der Waals surface area contributed by atoms with E-state index in [4.69, 9.17) is 11.6 Å². The molecule has 5 heteroatoms. The fourth-order valence-corrected chi connectivity index (χ4v) is 3.46. The summed E-state index contributed by atoms with van der Waals surface area (Å²) < 4.78 is 0. The maximum absolute atomic E-state index is 12.8. The predicted molar refractivity (Wildman–Crippen MR) is 87.7 cm³/mol. The number of rotatable bonds is 3. The minimum atomic E-state index is -0.951. The highest BCUT2D eigenvalue weighted by molar-refractivity contribution is 6.30. The molecule has 0 bridgehead atoms. The molecule has 0 aromatic heterocycles. The van der Waals surface area contributed by atoms with E-state index in [2.05, 4.69) is 0 Å². The number of hydrogen-bond acceptors (Lipinski definition) is 2. The molecule has 23 heavy (non-hydrogen) atoms. The second kappa shape index (κ2) is 6.05. The van der Waals surface area contributed by atoms with Gasteiger partial charge in [0, 0.05) is 17.1 Å². The molecule has 0 saturated carbocycles. The lowest BCUT2D eigenvalue weighted by Gasteiger charge is -2.40. The number of aliphatic carboxylic acids is 1. The lowest BCUT2D eigenvalue weighted by molar-refractivity contribution is -0.140. The molecule has 0 fully saturated rings. The molecule has 1 aliphatic rings. The molecule has 2 aromatic carbocycles. The highest BCUT2D eigenvalue weighted by Gasteiger charge is 2.43. The first-order chi connectivity index (χ1) is 11.0. The first kappa shape index (κ1) is 15.6. The van der Waals surface area contributed by atoms with Crippen molar-refractivity contribution >= 4 is 23.5 Å². The molecule has 1 heterocycles. The lowest BCUT2D eigenvalue weighted by Crippen LogP contribution is -2.44. The van der Waals surface area contributed by atoms with Crippen molar-refractivity contribution in [2.45, 2.75) is 18.9 Å². The summed E-state index contributed by atoms with van der Waals surface area (Å²) >= 11 is 6.07. The summed E-state index contributed by atoms with van der Waals surface area (Å²) in [7, 11) is 0. The maximum atomic E-state index is 12.8. The van der Waals surface area contributed by atoms with Crippen LogP contribution in [0.25, 0.3) is 0 Å². The van der Waals surface area contributed by atoms with Crippen LogP contribution in [0.3, 0.4) is 0 Å². The highest BCUT2D eigenvalue weighted by Crippen LogP contribution is 2.43. The minimum Gasteiger partial charge on any atom is -0.481 e. The monoisotopic (exact) mass is 329 g/mol. The molecule has 0 spiro atoms. The van der Waals surface area contributed by atoms with Gasteiger partial charge in [0.2, 0.25) is 0 Å². The van der Waals surface area contributed by atoms with Gasteiger partial charge in [-0.05, 0) is 36.2 Å². The second-order valence-corrected chi connectivity index (χ2v) is 5.93. The molecule has 2 atom stereocenters. The Hall–Kier alpha value is -2.33. The summed E-state index contributed by atoms with van der Waals surface area (Å²) in [5, 5.41) is 10.3. The van der Waals surface area contributed by atoms with Crippen molar-refractivity contribution in [2.24, 2.45) is 0 Å². The number of carboxylic acid groups (broad SMARTS) is 1. The van der Waals surface area contributed by atoms with Crippen LogP contribution in [-0.2, 0) is 4.79 Å². The topological polar surface area (TPSA) is 57.6 Å². The Morgan fingerprint density at radius 3 is 2.61 bits per heavy atom. The smallest absolute Gasteiger partial charge is 0.313 e. The Labute approximate surface area is 139 Å². The SMILES string of the molecule is CCN1C(=O)c2ccccc2C(C(=O)O)C1c1cccc(Cl)c1. The minimum absolute atomic E-state index is 0.148.